The normalized spacial score (nSPS) is 25.2. The van der Waals surface area contributed by atoms with Crippen LogP contribution in [0.2, 0.25) is 0 Å². The van der Waals surface area contributed by atoms with E-state index < -0.39 is 149 Å². The maximum Gasteiger partial charge on any atom is 0.408 e. The number of rotatable bonds is 12. The molecule has 2 aliphatic heterocycles. The number of carbonyl (C=O) groups excluding carboxylic acids is 8. The molecule has 8 atom stereocenters. The van der Waals surface area contributed by atoms with Crippen molar-refractivity contribution in [1.82, 2.24) is 10.6 Å². The number of hydrogen-bond acceptors (Lipinski definition) is 19. The van der Waals surface area contributed by atoms with Crippen molar-refractivity contribution in [3.63, 3.8) is 0 Å². The average molecular weight is 1020 g/mol. The lowest BCUT2D eigenvalue weighted by Crippen LogP contribution is -2.48. The summed E-state index contributed by atoms with van der Waals surface area (Å²) >= 11 is 2.10. The Morgan fingerprint density at radius 3 is 1.34 bits per heavy atom. The number of hydrogen-bond donors (Lipinski definition) is 2. The van der Waals surface area contributed by atoms with E-state index in [9.17, 15) is 46.8 Å². The summed E-state index contributed by atoms with van der Waals surface area (Å²) in [6, 6.07) is -2.62. The van der Waals surface area contributed by atoms with Gasteiger partial charge in [0.1, 0.15) is 36.6 Å². The maximum absolute atomic E-state index is 12.8. The van der Waals surface area contributed by atoms with Crippen molar-refractivity contribution in [3.8, 4) is 0 Å². The van der Waals surface area contributed by atoms with Crippen molar-refractivity contribution in [2.75, 3.05) is 30.5 Å². The molecule has 2 amide bonds. The summed E-state index contributed by atoms with van der Waals surface area (Å²) in [7, 11) is -3.79. The zero-order valence-electron chi connectivity index (χ0n) is 37.6. The zero-order valence-corrected chi connectivity index (χ0v) is 40.5. The molecule has 2 N–H and O–H groups in total. The van der Waals surface area contributed by atoms with E-state index in [4.69, 9.17) is 42.1 Å². The highest BCUT2D eigenvalue weighted by Gasteiger charge is 2.44. The molecule has 2 fully saturated rings. The van der Waals surface area contributed by atoms with Crippen LogP contribution >= 0.6 is 22.6 Å². The smallest absolute Gasteiger partial charge is 0.408 e. The molecular weight excluding hydrogens is 959 g/mol. The predicted molar refractivity (Wildman–Crippen MR) is 225 cm³/mol. The molecule has 0 aromatic carbocycles. The number of carbonyl (C=O) groups is 8. The monoisotopic (exact) mass is 1020 g/mol. The molecule has 62 heavy (non-hydrogen) atoms. The lowest BCUT2D eigenvalue weighted by Gasteiger charge is -2.29. The van der Waals surface area contributed by atoms with Gasteiger partial charge in [-0.25, -0.2) is 19.2 Å². The highest BCUT2D eigenvalue weighted by molar-refractivity contribution is 14.1. The molecule has 23 heteroatoms. The van der Waals surface area contributed by atoms with Gasteiger partial charge in [0.05, 0.1) is 36.5 Å². The second-order valence-electron chi connectivity index (χ2n) is 17.1. The van der Waals surface area contributed by atoms with Gasteiger partial charge in [-0.05, 0) is 68.2 Å². The summed E-state index contributed by atoms with van der Waals surface area (Å²) < 4.78 is 70.3. The summed E-state index contributed by atoms with van der Waals surface area (Å²) in [5, 5.41) is 4.65. The minimum Gasteiger partial charge on any atom is -0.463 e. The summed E-state index contributed by atoms with van der Waals surface area (Å²) in [5.74, 6) is -7.36. The third kappa shape index (κ3) is 20.9. The Balaban J connectivity index is 0.000000625. The third-order valence-electron chi connectivity index (χ3n) is 8.26. The molecule has 0 aromatic rings. The highest BCUT2D eigenvalue weighted by Crippen LogP contribution is 2.26. The molecule has 0 spiro atoms. The van der Waals surface area contributed by atoms with Gasteiger partial charge >= 0.3 is 48.0 Å². The van der Waals surface area contributed by atoms with E-state index in [0.29, 0.717) is 10.8 Å². The first-order valence-electron chi connectivity index (χ1n) is 19.9. The van der Waals surface area contributed by atoms with Gasteiger partial charge in [0, 0.05) is 4.43 Å². The molecule has 21 nitrogen and oxygen atoms in total. The summed E-state index contributed by atoms with van der Waals surface area (Å²) in [5.41, 5.74) is -1.60. The molecule has 356 valence electrons. The Hall–Kier alpha value is -4.00. The molecule has 0 aliphatic carbocycles. The minimum absolute atomic E-state index is 0.200. The van der Waals surface area contributed by atoms with Crippen LogP contribution in [-0.2, 0) is 81.0 Å². The lowest BCUT2D eigenvalue weighted by atomic mass is 9.95. The van der Waals surface area contributed by atoms with Crippen LogP contribution in [0.5, 0.6) is 0 Å². The van der Waals surface area contributed by atoms with Crippen LogP contribution in [0.25, 0.3) is 0 Å². The van der Waals surface area contributed by atoms with Crippen molar-refractivity contribution < 1.29 is 88.9 Å². The molecule has 2 rings (SSSR count). The van der Waals surface area contributed by atoms with E-state index in [1.165, 1.54) is 6.92 Å². The molecule has 2 heterocycles. The predicted octanol–water partition coefficient (Wildman–Crippen LogP) is 3.30. The Morgan fingerprint density at radius 2 is 1.03 bits per heavy atom. The van der Waals surface area contributed by atoms with Gasteiger partial charge in [0.2, 0.25) is 0 Å². The summed E-state index contributed by atoms with van der Waals surface area (Å²) in [6.45, 7) is 18.0. The fraction of sp³-hybridized carbons (Fsp3) is 0.795. The van der Waals surface area contributed by atoms with E-state index in [1.807, 2.05) is 0 Å². The van der Waals surface area contributed by atoms with E-state index >= 15 is 0 Å². The zero-order chi connectivity index (χ0) is 47.9. The molecule has 2 aliphatic rings. The van der Waals surface area contributed by atoms with E-state index in [0.717, 1.165) is 6.26 Å². The number of amides is 2. The fourth-order valence-corrected chi connectivity index (χ4v) is 6.34. The van der Waals surface area contributed by atoms with Crippen LogP contribution < -0.4 is 10.6 Å². The number of ether oxygens (including phenoxy) is 8. The molecular formula is C39H63IN2O19S. The highest BCUT2D eigenvalue weighted by atomic mass is 127. The maximum atomic E-state index is 12.8. The van der Waals surface area contributed by atoms with Gasteiger partial charge < -0.3 is 48.5 Å². The standard InChI is InChI=1S/C20H33NO11S.C19H30INO8/c1-11(2)16(22)31-15-12(3)30-18(24)14(21-19(25)32-20(4,5)6)10-28-17(23)13(15)8-9-29-33(7,26)27;1-10(2)15(22)28-14-11(3)27-17(24)13(21-18(25)29-19(4,5)6)9-26-16(23)12(14)7-8-20/h11-15H,8-10H2,1-7H3,(H,21,25);10-14H,7-9H2,1-6H3,(H,21,25)/t12-,13+,14-,15-;11-,12+,13-,14-/m00/s1. The Kier molecular flexibility index (Phi) is 22.4. The SMILES string of the molecule is CC(C)C(=O)O[C@H]1[C@H](C)OC(=O)[C@@H](NC(=O)OC(C)(C)C)COC(=O)[C@@H]1CCI.CC(C)C(=O)O[C@H]1[C@H](C)OC(=O)[C@@H](NC(=O)OC(C)(C)C)COC(=O)[C@@H]1CCOS(C)(=O)=O. The van der Waals surface area contributed by atoms with Crippen LogP contribution in [0.3, 0.4) is 0 Å². The molecule has 0 aromatic heterocycles. The van der Waals surface area contributed by atoms with E-state index in [-0.39, 0.29) is 6.42 Å². The molecule has 2 saturated heterocycles. The number of alkyl halides is 1. The number of halogens is 1. The Bertz CT molecular complexity index is 1690. The minimum atomic E-state index is -3.79. The second-order valence-corrected chi connectivity index (χ2v) is 19.8. The largest absolute Gasteiger partial charge is 0.463 e. The second kappa shape index (κ2) is 24.7. The van der Waals surface area contributed by atoms with Crippen LogP contribution in [-0.4, -0.2) is 135 Å². The van der Waals surface area contributed by atoms with Gasteiger partial charge in [-0.3, -0.25) is 23.4 Å². The molecule has 0 bridgehead atoms. The first kappa shape index (κ1) is 56.0. The van der Waals surface area contributed by atoms with E-state index in [2.05, 4.69) is 33.2 Å². The van der Waals surface area contributed by atoms with Crippen molar-refractivity contribution in [2.45, 2.75) is 144 Å². The van der Waals surface area contributed by atoms with Crippen molar-refractivity contribution >= 4 is 80.7 Å². The fourth-order valence-electron chi connectivity index (χ4n) is 5.27. The van der Waals surface area contributed by atoms with Crippen molar-refractivity contribution in [1.29, 1.82) is 0 Å². The average Bonchev–Trinajstić information content (AvgIpc) is 3.16. The van der Waals surface area contributed by atoms with Crippen LogP contribution in [0.15, 0.2) is 0 Å². The number of alkyl carbamates (subject to hydrolysis) is 2. The van der Waals surface area contributed by atoms with E-state index in [1.54, 1.807) is 76.2 Å². The van der Waals surface area contributed by atoms with Gasteiger partial charge in [0.25, 0.3) is 10.1 Å². The Morgan fingerprint density at radius 1 is 0.677 bits per heavy atom. The van der Waals surface area contributed by atoms with Crippen molar-refractivity contribution in [2.24, 2.45) is 23.7 Å². The summed E-state index contributed by atoms with van der Waals surface area (Å²) in [4.78, 5) is 99.1. The van der Waals surface area contributed by atoms with Crippen molar-refractivity contribution in [3.05, 3.63) is 0 Å². The van der Waals surface area contributed by atoms with Crippen LogP contribution in [0.4, 0.5) is 9.59 Å². The van der Waals surface area contributed by atoms with Crippen LogP contribution in [0.1, 0.15) is 95.9 Å². The lowest BCUT2D eigenvalue weighted by molar-refractivity contribution is -0.177. The summed E-state index contributed by atoms with van der Waals surface area (Å²) in [6.07, 6.45) is -5.04. The Labute approximate surface area is 376 Å². The number of cyclic esters (lactones) is 4. The van der Waals surface area contributed by atoms with Gasteiger partial charge in [-0.15, -0.1) is 0 Å². The topological polar surface area (TPSA) is 278 Å². The van der Waals surface area contributed by atoms with Gasteiger partial charge in [-0.1, -0.05) is 50.3 Å². The van der Waals surface area contributed by atoms with Gasteiger partial charge in [-0.2, -0.15) is 8.42 Å². The molecule has 0 saturated carbocycles. The third-order valence-corrected chi connectivity index (χ3v) is 9.47. The molecule has 0 radical (unpaired) electrons. The molecule has 0 unspecified atom stereocenters. The van der Waals surface area contributed by atoms with Gasteiger partial charge in [0.15, 0.2) is 24.3 Å². The number of nitrogens with one attached hydrogen (secondary N) is 2. The first-order chi connectivity index (χ1) is 28.3. The first-order valence-corrected chi connectivity index (χ1v) is 23.2. The van der Waals surface area contributed by atoms with Crippen LogP contribution in [0, 0.1) is 23.7 Å². The number of esters is 6. The quantitative estimate of drug-likeness (QED) is 0.0933.